The van der Waals surface area contributed by atoms with Gasteiger partial charge in [0.1, 0.15) is 16.9 Å². The van der Waals surface area contributed by atoms with Gasteiger partial charge >= 0.3 is 0 Å². The van der Waals surface area contributed by atoms with E-state index in [0.29, 0.717) is 50.7 Å². The van der Waals surface area contributed by atoms with E-state index >= 15 is 0 Å². The van der Waals surface area contributed by atoms with Crippen molar-refractivity contribution in [2.75, 3.05) is 40.0 Å². The van der Waals surface area contributed by atoms with E-state index in [1.54, 1.807) is 13.4 Å². The molecule has 1 saturated heterocycles. The Morgan fingerprint density at radius 3 is 2.88 bits per heavy atom. The number of amides is 1. The predicted molar refractivity (Wildman–Crippen MR) is 163 cm³/mol. The highest BCUT2D eigenvalue weighted by molar-refractivity contribution is 5.98. The lowest BCUT2D eigenvalue weighted by molar-refractivity contribution is -0.0893. The predicted octanol–water partition coefficient (Wildman–Crippen LogP) is 4.63. The van der Waals surface area contributed by atoms with Crippen molar-refractivity contribution >= 4 is 17.0 Å². The minimum atomic E-state index is -1.03. The van der Waals surface area contributed by atoms with Crippen LogP contribution in [-0.4, -0.2) is 82.0 Å². The molecule has 1 amide bonds. The molecule has 2 aromatic carbocycles. The Morgan fingerprint density at radius 2 is 2.07 bits per heavy atom. The number of oxazole rings is 1. The summed E-state index contributed by atoms with van der Waals surface area (Å²) in [5.74, 6) is 1.33. The summed E-state index contributed by atoms with van der Waals surface area (Å²) in [4.78, 5) is 25.4. The number of methoxy groups -OCH3 is 1. The van der Waals surface area contributed by atoms with Gasteiger partial charge in [-0.3, -0.25) is 4.79 Å². The number of rotatable bonds is 10. The number of hydrogen-bond donors (Lipinski definition) is 2. The van der Waals surface area contributed by atoms with Gasteiger partial charge in [0.2, 0.25) is 0 Å². The summed E-state index contributed by atoms with van der Waals surface area (Å²) < 4.78 is 19.3. The average Bonchev–Trinajstić information content (AvgIpc) is 3.66. The van der Waals surface area contributed by atoms with Crippen LogP contribution in [0.1, 0.15) is 61.4 Å². The summed E-state index contributed by atoms with van der Waals surface area (Å²) >= 11 is 0. The number of benzene rings is 2. The molecular weight excluding hydrogens is 546 g/mol. The number of aliphatic hydroxyl groups is 1. The topological polar surface area (TPSA) is 115 Å². The molecule has 228 valence electrons. The molecule has 1 saturated carbocycles. The standard InChI is InChI=1S/C33H41N5O5/c1-3-29-36-26-19-25(12-13-27(26)43-29)42-18-14-24-20-34-16-17-37(24)32(39)30-31(23-9-5-4-6-10-23)38(22-35-30)28-11-7-8-15-33(28,40)21-41-2/h4-6,9-10,12-13,19,22,24,28,34,40H,3,7-8,11,14-18,20-21H2,1-2H3/t24-,28-,33-/m1/s1. The number of carbonyl (C=O) groups excluding carboxylic acids is 1. The van der Waals surface area contributed by atoms with Gasteiger partial charge in [0, 0.05) is 57.3 Å². The first-order chi connectivity index (χ1) is 21.0. The van der Waals surface area contributed by atoms with E-state index in [0.717, 1.165) is 53.8 Å². The molecule has 1 aliphatic carbocycles. The van der Waals surface area contributed by atoms with E-state index in [2.05, 4.69) is 10.3 Å². The molecule has 10 nitrogen and oxygen atoms in total. The fourth-order valence-electron chi connectivity index (χ4n) is 6.59. The molecule has 6 rings (SSSR count). The summed E-state index contributed by atoms with van der Waals surface area (Å²) in [5, 5.41) is 15.1. The highest BCUT2D eigenvalue weighted by Gasteiger charge is 2.42. The fraction of sp³-hybridized carbons (Fsp3) is 0.485. The minimum absolute atomic E-state index is 0.0578. The normalized spacial score (nSPS) is 22.6. The monoisotopic (exact) mass is 587 g/mol. The van der Waals surface area contributed by atoms with Crippen molar-refractivity contribution in [3.8, 4) is 17.0 Å². The number of nitrogens with one attached hydrogen (secondary N) is 1. The van der Waals surface area contributed by atoms with Crippen LogP contribution in [0.5, 0.6) is 5.75 Å². The molecule has 3 heterocycles. The maximum Gasteiger partial charge on any atom is 0.275 e. The van der Waals surface area contributed by atoms with Crippen molar-refractivity contribution < 1.29 is 23.8 Å². The van der Waals surface area contributed by atoms with Gasteiger partial charge in [-0.25, -0.2) is 9.97 Å². The number of aromatic nitrogens is 3. The molecule has 0 unspecified atom stereocenters. The first-order valence-electron chi connectivity index (χ1n) is 15.4. The second kappa shape index (κ2) is 12.9. The fourth-order valence-corrected chi connectivity index (χ4v) is 6.59. The molecular formula is C33H41N5O5. The zero-order valence-corrected chi connectivity index (χ0v) is 25.0. The third-order valence-electron chi connectivity index (χ3n) is 8.77. The summed E-state index contributed by atoms with van der Waals surface area (Å²) in [6, 6.07) is 15.3. The van der Waals surface area contributed by atoms with Gasteiger partial charge in [0.25, 0.3) is 5.91 Å². The largest absolute Gasteiger partial charge is 0.493 e. The molecule has 1 aliphatic heterocycles. The third-order valence-corrected chi connectivity index (χ3v) is 8.77. The summed E-state index contributed by atoms with van der Waals surface area (Å²) in [6.07, 6.45) is 6.50. The molecule has 2 N–H and O–H groups in total. The van der Waals surface area contributed by atoms with Crippen molar-refractivity contribution in [1.82, 2.24) is 24.8 Å². The Morgan fingerprint density at radius 1 is 1.21 bits per heavy atom. The van der Waals surface area contributed by atoms with Gasteiger partial charge in [-0.1, -0.05) is 50.1 Å². The summed E-state index contributed by atoms with van der Waals surface area (Å²) in [7, 11) is 1.62. The van der Waals surface area contributed by atoms with E-state index in [9.17, 15) is 9.90 Å². The number of imidazole rings is 1. The zero-order valence-electron chi connectivity index (χ0n) is 25.0. The van der Waals surface area contributed by atoms with Crippen molar-refractivity contribution in [2.45, 2.75) is 63.1 Å². The molecule has 10 heteroatoms. The molecule has 2 aliphatic rings. The second-order valence-electron chi connectivity index (χ2n) is 11.6. The van der Waals surface area contributed by atoms with Crippen LogP contribution >= 0.6 is 0 Å². The first kappa shape index (κ1) is 29.3. The highest BCUT2D eigenvalue weighted by atomic mass is 16.5. The van der Waals surface area contributed by atoms with E-state index in [1.165, 1.54) is 0 Å². The van der Waals surface area contributed by atoms with Crippen LogP contribution < -0.4 is 10.1 Å². The van der Waals surface area contributed by atoms with Crippen LogP contribution in [0.15, 0.2) is 59.3 Å². The summed E-state index contributed by atoms with van der Waals surface area (Å²) in [6.45, 7) is 4.66. The number of aryl methyl sites for hydroxylation is 1. The van der Waals surface area contributed by atoms with Gasteiger partial charge in [0.15, 0.2) is 17.2 Å². The Balaban J connectivity index is 1.23. The average molecular weight is 588 g/mol. The first-order valence-corrected chi connectivity index (χ1v) is 15.4. The molecule has 0 spiro atoms. The van der Waals surface area contributed by atoms with Gasteiger partial charge in [-0.05, 0) is 25.0 Å². The third kappa shape index (κ3) is 6.04. The quantitative estimate of drug-likeness (QED) is 0.276. The Kier molecular flexibility index (Phi) is 8.78. The van der Waals surface area contributed by atoms with Gasteiger partial charge in [-0.2, -0.15) is 0 Å². The van der Waals surface area contributed by atoms with Crippen LogP contribution in [0.2, 0.25) is 0 Å². The van der Waals surface area contributed by atoms with E-state index in [-0.39, 0.29) is 24.6 Å². The van der Waals surface area contributed by atoms with Gasteiger partial charge in [-0.15, -0.1) is 0 Å². The zero-order chi connectivity index (χ0) is 29.8. The van der Waals surface area contributed by atoms with Crippen molar-refractivity contribution in [3.05, 3.63) is 66.4 Å². The Bertz CT molecular complexity index is 1530. The lowest BCUT2D eigenvalue weighted by Crippen LogP contribution is -2.54. The van der Waals surface area contributed by atoms with Crippen molar-refractivity contribution in [2.24, 2.45) is 0 Å². The second-order valence-corrected chi connectivity index (χ2v) is 11.6. The lowest BCUT2D eigenvalue weighted by atomic mass is 9.80. The number of fused-ring (bicyclic) bond motifs is 1. The molecule has 0 bridgehead atoms. The maximum absolute atomic E-state index is 14.3. The minimum Gasteiger partial charge on any atom is -0.493 e. The number of ether oxygens (including phenoxy) is 2. The number of carbonyl (C=O) groups is 1. The Labute approximate surface area is 252 Å². The maximum atomic E-state index is 14.3. The van der Waals surface area contributed by atoms with Gasteiger partial charge in [0.05, 0.1) is 31.3 Å². The Hall–Kier alpha value is -3.73. The molecule has 2 aromatic heterocycles. The van der Waals surface area contributed by atoms with Gasteiger partial charge < -0.3 is 33.8 Å². The van der Waals surface area contributed by atoms with Crippen molar-refractivity contribution in [3.63, 3.8) is 0 Å². The molecule has 0 radical (unpaired) electrons. The number of piperazine rings is 1. The van der Waals surface area contributed by atoms with Crippen LogP contribution in [0.4, 0.5) is 0 Å². The molecule has 4 aromatic rings. The molecule has 2 fully saturated rings. The SMILES string of the molecule is CCc1nc2cc(OCC[C@@H]3CNCCN3C(=O)c3ncn([C@@H]4CCCC[C@@]4(O)COC)c3-c3ccccc3)ccc2o1. The van der Waals surface area contributed by atoms with Crippen LogP contribution in [0, 0.1) is 0 Å². The van der Waals surface area contributed by atoms with E-state index in [4.69, 9.17) is 18.9 Å². The summed E-state index contributed by atoms with van der Waals surface area (Å²) in [5.41, 5.74) is 2.56. The number of hydrogen-bond acceptors (Lipinski definition) is 8. The highest BCUT2D eigenvalue weighted by Crippen LogP contribution is 2.41. The van der Waals surface area contributed by atoms with Crippen LogP contribution in [0.25, 0.3) is 22.4 Å². The van der Waals surface area contributed by atoms with E-state index < -0.39 is 5.60 Å². The smallest absolute Gasteiger partial charge is 0.275 e. The number of nitrogens with zero attached hydrogens (tertiary/aromatic N) is 4. The van der Waals surface area contributed by atoms with Crippen LogP contribution in [0.3, 0.4) is 0 Å². The lowest BCUT2D eigenvalue weighted by Gasteiger charge is -2.41. The van der Waals surface area contributed by atoms with Crippen LogP contribution in [-0.2, 0) is 11.2 Å². The van der Waals surface area contributed by atoms with E-state index in [1.807, 2.05) is 64.9 Å². The molecule has 43 heavy (non-hydrogen) atoms. The molecule has 3 atom stereocenters. The van der Waals surface area contributed by atoms with Crippen molar-refractivity contribution in [1.29, 1.82) is 0 Å².